The average Bonchev–Trinajstić information content (AvgIpc) is 2.45. The SMILES string of the molecule is CNC(CCN1CCN(C)C(C)C1)c1ccc(F)cn1. The highest BCUT2D eigenvalue weighted by Crippen LogP contribution is 2.16. The molecule has 5 heteroatoms. The number of hydrogen-bond donors (Lipinski definition) is 1. The summed E-state index contributed by atoms with van der Waals surface area (Å²) in [5.74, 6) is -0.281. The van der Waals surface area contributed by atoms with E-state index in [0.717, 1.165) is 38.3 Å². The van der Waals surface area contributed by atoms with Gasteiger partial charge in [0, 0.05) is 32.2 Å². The zero-order valence-corrected chi connectivity index (χ0v) is 12.6. The molecule has 2 heterocycles. The Labute approximate surface area is 121 Å². The molecule has 20 heavy (non-hydrogen) atoms. The number of piperazine rings is 1. The molecule has 2 atom stereocenters. The third-order valence-corrected chi connectivity index (χ3v) is 4.23. The first-order chi connectivity index (χ1) is 9.60. The van der Waals surface area contributed by atoms with Crippen LogP contribution in [0.1, 0.15) is 25.1 Å². The number of likely N-dealkylation sites (N-methyl/N-ethyl adjacent to an activating group) is 1. The number of hydrogen-bond acceptors (Lipinski definition) is 4. The van der Waals surface area contributed by atoms with Crippen LogP contribution in [0, 0.1) is 5.82 Å². The van der Waals surface area contributed by atoms with Crippen LogP contribution in [0.4, 0.5) is 4.39 Å². The minimum absolute atomic E-state index is 0.186. The van der Waals surface area contributed by atoms with Crippen LogP contribution in [0.2, 0.25) is 0 Å². The van der Waals surface area contributed by atoms with Crippen molar-refractivity contribution in [3.8, 4) is 0 Å². The van der Waals surface area contributed by atoms with Gasteiger partial charge in [0.05, 0.1) is 17.9 Å². The fourth-order valence-electron chi connectivity index (χ4n) is 2.67. The molecule has 1 aliphatic rings. The van der Waals surface area contributed by atoms with E-state index in [1.54, 1.807) is 6.07 Å². The molecule has 0 spiro atoms. The summed E-state index contributed by atoms with van der Waals surface area (Å²) in [7, 11) is 4.11. The highest BCUT2D eigenvalue weighted by Gasteiger charge is 2.21. The van der Waals surface area contributed by atoms with Crippen molar-refractivity contribution in [2.45, 2.75) is 25.4 Å². The molecule has 112 valence electrons. The molecule has 1 aromatic rings. The van der Waals surface area contributed by atoms with E-state index in [2.05, 4.69) is 34.1 Å². The minimum atomic E-state index is -0.281. The second-order valence-corrected chi connectivity index (χ2v) is 5.66. The Bertz CT molecular complexity index is 409. The standard InChI is InChI=1S/C15H25FN4/c1-12-11-20(9-8-19(12)3)7-6-14(17-2)15-5-4-13(16)10-18-15/h4-5,10,12,14,17H,6-9,11H2,1-3H3. The Balaban J connectivity index is 1.86. The molecule has 2 unspecified atom stereocenters. The first-order valence-corrected chi connectivity index (χ1v) is 7.31. The van der Waals surface area contributed by atoms with Crippen LogP contribution in [0.5, 0.6) is 0 Å². The summed E-state index contributed by atoms with van der Waals surface area (Å²) in [6.07, 6.45) is 2.28. The maximum absolute atomic E-state index is 12.9. The van der Waals surface area contributed by atoms with Gasteiger partial charge in [-0.15, -0.1) is 0 Å². The normalized spacial score (nSPS) is 22.9. The van der Waals surface area contributed by atoms with E-state index in [-0.39, 0.29) is 11.9 Å². The minimum Gasteiger partial charge on any atom is -0.312 e. The second-order valence-electron chi connectivity index (χ2n) is 5.66. The Morgan fingerprint density at radius 3 is 2.85 bits per heavy atom. The van der Waals surface area contributed by atoms with Gasteiger partial charge >= 0.3 is 0 Å². The first kappa shape index (κ1) is 15.4. The van der Waals surface area contributed by atoms with Crippen molar-refractivity contribution < 1.29 is 4.39 Å². The smallest absolute Gasteiger partial charge is 0.141 e. The van der Waals surface area contributed by atoms with E-state index in [1.807, 2.05) is 7.05 Å². The molecule has 1 fully saturated rings. The van der Waals surface area contributed by atoms with E-state index in [1.165, 1.54) is 12.3 Å². The molecule has 1 saturated heterocycles. The number of pyridine rings is 1. The van der Waals surface area contributed by atoms with Gasteiger partial charge in [-0.2, -0.15) is 0 Å². The van der Waals surface area contributed by atoms with E-state index in [4.69, 9.17) is 0 Å². The maximum Gasteiger partial charge on any atom is 0.141 e. The summed E-state index contributed by atoms with van der Waals surface area (Å²) < 4.78 is 12.9. The predicted octanol–water partition coefficient (Wildman–Crippen LogP) is 1.51. The van der Waals surface area contributed by atoms with Crippen LogP contribution in [0.3, 0.4) is 0 Å². The van der Waals surface area contributed by atoms with Gasteiger partial charge in [0.2, 0.25) is 0 Å². The van der Waals surface area contributed by atoms with Gasteiger partial charge in [-0.25, -0.2) is 4.39 Å². The molecule has 2 rings (SSSR count). The van der Waals surface area contributed by atoms with Crippen molar-refractivity contribution in [3.63, 3.8) is 0 Å². The van der Waals surface area contributed by atoms with E-state index < -0.39 is 0 Å². The summed E-state index contributed by atoms with van der Waals surface area (Å²) in [5.41, 5.74) is 0.913. The summed E-state index contributed by atoms with van der Waals surface area (Å²) in [6, 6.07) is 4.04. The molecule has 0 radical (unpaired) electrons. The van der Waals surface area contributed by atoms with Gasteiger partial charge in [0.15, 0.2) is 0 Å². The zero-order valence-electron chi connectivity index (χ0n) is 12.6. The van der Waals surface area contributed by atoms with Crippen molar-refractivity contribution in [3.05, 3.63) is 29.8 Å². The van der Waals surface area contributed by atoms with Gasteiger partial charge in [-0.3, -0.25) is 4.98 Å². The summed E-state index contributed by atoms with van der Waals surface area (Å²) >= 11 is 0. The molecule has 1 N–H and O–H groups in total. The molecule has 0 bridgehead atoms. The molecule has 0 amide bonds. The Kier molecular flexibility index (Phi) is 5.46. The molecule has 0 aliphatic carbocycles. The number of aromatic nitrogens is 1. The first-order valence-electron chi connectivity index (χ1n) is 7.31. The third kappa shape index (κ3) is 3.98. The molecule has 0 aromatic carbocycles. The molecule has 0 saturated carbocycles. The quantitative estimate of drug-likeness (QED) is 0.886. The summed E-state index contributed by atoms with van der Waals surface area (Å²) in [5, 5.41) is 3.28. The molecular weight excluding hydrogens is 255 g/mol. The van der Waals surface area contributed by atoms with E-state index >= 15 is 0 Å². The predicted molar refractivity (Wildman–Crippen MR) is 79.1 cm³/mol. The fourth-order valence-corrected chi connectivity index (χ4v) is 2.67. The van der Waals surface area contributed by atoms with Gasteiger partial charge in [0.1, 0.15) is 5.82 Å². The monoisotopic (exact) mass is 280 g/mol. The van der Waals surface area contributed by atoms with Crippen molar-refractivity contribution in [1.82, 2.24) is 20.1 Å². The van der Waals surface area contributed by atoms with Crippen molar-refractivity contribution in [2.75, 3.05) is 40.3 Å². The Morgan fingerprint density at radius 1 is 1.45 bits per heavy atom. The highest BCUT2D eigenvalue weighted by molar-refractivity contribution is 5.09. The van der Waals surface area contributed by atoms with Crippen molar-refractivity contribution in [2.24, 2.45) is 0 Å². The van der Waals surface area contributed by atoms with Crippen molar-refractivity contribution in [1.29, 1.82) is 0 Å². The number of nitrogens with zero attached hydrogens (tertiary/aromatic N) is 3. The van der Waals surface area contributed by atoms with Crippen LogP contribution >= 0.6 is 0 Å². The lowest BCUT2D eigenvalue weighted by atomic mass is 10.1. The van der Waals surface area contributed by atoms with Crippen LogP contribution in [0.15, 0.2) is 18.3 Å². The van der Waals surface area contributed by atoms with Crippen LogP contribution in [-0.4, -0.2) is 61.1 Å². The van der Waals surface area contributed by atoms with E-state index in [9.17, 15) is 4.39 Å². The largest absolute Gasteiger partial charge is 0.312 e. The zero-order chi connectivity index (χ0) is 14.5. The van der Waals surface area contributed by atoms with Crippen LogP contribution in [-0.2, 0) is 0 Å². The van der Waals surface area contributed by atoms with Gasteiger partial charge in [-0.05, 0) is 39.6 Å². The lowest BCUT2D eigenvalue weighted by Gasteiger charge is -2.38. The van der Waals surface area contributed by atoms with Gasteiger partial charge < -0.3 is 15.1 Å². The highest BCUT2D eigenvalue weighted by atomic mass is 19.1. The number of halogens is 1. The lowest BCUT2D eigenvalue weighted by Crippen LogP contribution is -2.50. The fraction of sp³-hybridized carbons (Fsp3) is 0.667. The molecule has 1 aromatic heterocycles. The van der Waals surface area contributed by atoms with Gasteiger partial charge in [0.25, 0.3) is 0 Å². The molecule has 4 nitrogen and oxygen atoms in total. The second kappa shape index (κ2) is 7.11. The summed E-state index contributed by atoms with van der Waals surface area (Å²) in [6.45, 7) is 6.67. The Morgan fingerprint density at radius 2 is 2.25 bits per heavy atom. The summed E-state index contributed by atoms with van der Waals surface area (Å²) in [4.78, 5) is 9.07. The number of nitrogens with one attached hydrogen (secondary N) is 1. The van der Waals surface area contributed by atoms with Gasteiger partial charge in [-0.1, -0.05) is 0 Å². The van der Waals surface area contributed by atoms with E-state index in [0.29, 0.717) is 6.04 Å². The van der Waals surface area contributed by atoms with Crippen LogP contribution in [0.25, 0.3) is 0 Å². The lowest BCUT2D eigenvalue weighted by molar-refractivity contribution is 0.102. The number of rotatable bonds is 5. The van der Waals surface area contributed by atoms with Crippen molar-refractivity contribution >= 4 is 0 Å². The maximum atomic E-state index is 12.9. The Hall–Kier alpha value is -1.04. The van der Waals surface area contributed by atoms with Crippen LogP contribution < -0.4 is 5.32 Å². The topological polar surface area (TPSA) is 31.4 Å². The molecule has 1 aliphatic heterocycles. The average molecular weight is 280 g/mol. The molecular formula is C15H25FN4. The third-order valence-electron chi connectivity index (χ3n) is 4.23.